The maximum absolute atomic E-state index is 12.6. The average Bonchev–Trinajstić information content (AvgIpc) is 3.13. The van der Waals surface area contributed by atoms with E-state index >= 15 is 0 Å². The van der Waals surface area contributed by atoms with Gasteiger partial charge in [-0.15, -0.1) is 16.9 Å². The molecule has 31 heavy (non-hydrogen) atoms. The van der Waals surface area contributed by atoms with Gasteiger partial charge in [-0.3, -0.25) is 19.3 Å². The van der Waals surface area contributed by atoms with Crippen molar-refractivity contribution in [2.75, 3.05) is 11.5 Å². The molecule has 0 aromatic carbocycles. The first-order valence-electron chi connectivity index (χ1n) is 9.23. The smallest absolute Gasteiger partial charge is 0.352 e. The first-order valence-corrected chi connectivity index (χ1v) is 11.3. The maximum Gasteiger partial charge on any atom is 0.352 e. The van der Waals surface area contributed by atoms with Gasteiger partial charge in [0.2, 0.25) is 11.1 Å². The third kappa shape index (κ3) is 4.99. The highest BCUT2D eigenvalue weighted by molar-refractivity contribution is 8.01. The number of nitrogens with one attached hydrogen (secondary N) is 1. The minimum absolute atomic E-state index is 0.0252. The Bertz CT molecular complexity index is 935. The molecule has 168 valence electrons. The van der Waals surface area contributed by atoms with Gasteiger partial charge in [-0.25, -0.2) is 9.48 Å². The molecule has 2 aliphatic heterocycles. The van der Waals surface area contributed by atoms with Gasteiger partial charge in [0.05, 0.1) is 0 Å². The largest absolute Gasteiger partial charge is 0.480 e. The molecule has 0 bridgehead atoms. The van der Waals surface area contributed by atoms with Crippen molar-refractivity contribution in [1.29, 1.82) is 0 Å². The first kappa shape index (κ1) is 23.0. The number of β-lactam (4-membered cyclic amide) rings is 1. The number of aliphatic carboxylic acids is 2. The average molecular weight is 472 g/mol. The van der Waals surface area contributed by atoms with E-state index in [0.29, 0.717) is 22.2 Å². The Balaban J connectivity index is 1.59. The van der Waals surface area contributed by atoms with Gasteiger partial charge < -0.3 is 21.3 Å². The van der Waals surface area contributed by atoms with Crippen LogP contribution >= 0.6 is 23.5 Å². The number of aromatic nitrogens is 4. The van der Waals surface area contributed by atoms with E-state index in [-0.39, 0.29) is 25.0 Å². The molecule has 0 spiro atoms. The highest BCUT2D eigenvalue weighted by Crippen LogP contribution is 2.41. The molecule has 2 amide bonds. The maximum atomic E-state index is 12.6. The zero-order chi connectivity index (χ0) is 22.7. The number of rotatable bonds is 10. The number of carboxylic acid groups (broad SMARTS) is 2. The Morgan fingerprint density at radius 1 is 1.39 bits per heavy atom. The van der Waals surface area contributed by atoms with Crippen LogP contribution in [0.2, 0.25) is 0 Å². The van der Waals surface area contributed by atoms with E-state index < -0.39 is 41.2 Å². The van der Waals surface area contributed by atoms with Gasteiger partial charge in [-0.05, 0) is 28.8 Å². The van der Waals surface area contributed by atoms with E-state index in [9.17, 15) is 24.3 Å². The van der Waals surface area contributed by atoms with Crippen LogP contribution in [-0.2, 0) is 26.2 Å². The summed E-state index contributed by atoms with van der Waals surface area (Å²) < 4.78 is 1.47. The third-order valence-electron chi connectivity index (χ3n) is 4.76. The number of fused-ring (bicyclic) bond motifs is 1. The second-order valence-corrected chi connectivity index (χ2v) is 8.97. The summed E-state index contributed by atoms with van der Waals surface area (Å²) in [6.45, 7) is 0. The number of hydrogen-bond donors (Lipinski definition) is 4. The first-order chi connectivity index (χ1) is 14.7. The molecule has 1 fully saturated rings. The van der Waals surface area contributed by atoms with E-state index in [1.807, 2.05) is 0 Å². The Kier molecular flexibility index (Phi) is 7.17. The molecule has 3 rings (SSSR count). The molecule has 2 aliphatic rings. The number of hydrogen-bond acceptors (Lipinski definition) is 10. The summed E-state index contributed by atoms with van der Waals surface area (Å²) in [4.78, 5) is 48.5. The van der Waals surface area contributed by atoms with Crippen molar-refractivity contribution < 1.29 is 29.4 Å². The van der Waals surface area contributed by atoms with E-state index in [1.165, 1.54) is 33.1 Å². The molecular formula is C16H21N7O6S2. The molecule has 2 unspecified atom stereocenters. The van der Waals surface area contributed by atoms with Crippen molar-refractivity contribution in [1.82, 2.24) is 30.4 Å². The summed E-state index contributed by atoms with van der Waals surface area (Å²) in [5, 5.41) is 32.2. The van der Waals surface area contributed by atoms with Gasteiger partial charge in [-0.2, -0.15) is 0 Å². The fourth-order valence-corrected chi connectivity index (χ4v) is 5.48. The lowest BCUT2D eigenvalue weighted by Crippen LogP contribution is -2.70. The summed E-state index contributed by atoms with van der Waals surface area (Å²) in [7, 11) is 1.67. The number of nitrogens with two attached hydrogens (primary N) is 1. The number of amides is 2. The highest BCUT2D eigenvalue weighted by atomic mass is 32.2. The van der Waals surface area contributed by atoms with Crippen LogP contribution in [0.5, 0.6) is 0 Å². The second kappa shape index (κ2) is 9.65. The molecule has 5 N–H and O–H groups in total. The molecule has 1 saturated heterocycles. The van der Waals surface area contributed by atoms with E-state index in [1.54, 1.807) is 7.05 Å². The number of aryl methyl sites for hydroxylation is 1. The Morgan fingerprint density at radius 3 is 2.74 bits per heavy atom. The van der Waals surface area contributed by atoms with Gasteiger partial charge in [-0.1, -0.05) is 11.8 Å². The number of thioether (sulfide) groups is 2. The number of tetrazole rings is 1. The molecule has 1 aromatic heterocycles. The molecule has 15 heteroatoms. The van der Waals surface area contributed by atoms with Crippen molar-refractivity contribution in [2.24, 2.45) is 12.8 Å². The normalized spacial score (nSPS) is 21.4. The summed E-state index contributed by atoms with van der Waals surface area (Å²) in [5.41, 5.74) is 5.90. The predicted molar refractivity (Wildman–Crippen MR) is 109 cm³/mol. The van der Waals surface area contributed by atoms with Crippen molar-refractivity contribution in [3.05, 3.63) is 11.3 Å². The minimum Gasteiger partial charge on any atom is -0.480 e. The highest BCUT2D eigenvalue weighted by Gasteiger charge is 2.54. The van der Waals surface area contributed by atoms with Crippen molar-refractivity contribution in [3.8, 4) is 0 Å². The lowest BCUT2D eigenvalue weighted by atomic mass is 10.0. The van der Waals surface area contributed by atoms with Gasteiger partial charge in [0.25, 0.3) is 5.91 Å². The standard InChI is InChI=1S/C16H21N7O6S2/c1-22-16(19-20-21-22)31-6-7-5-30-13-10(12(25)23(13)11(7)15(28)29)18-9(24)4-2-3-8(17)14(26)27/h8,10,13H,2-6,17H2,1H3,(H,18,24)(H,26,27)(H,28,29)/t8?,10?,13-/m0/s1. The molecule has 0 aliphatic carbocycles. The second-order valence-electron chi connectivity index (χ2n) is 6.92. The fraction of sp³-hybridized carbons (Fsp3) is 0.562. The number of carboxylic acids is 2. The zero-order valence-electron chi connectivity index (χ0n) is 16.4. The van der Waals surface area contributed by atoms with Crippen LogP contribution in [0, 0.1) is 0 Å². The van der Waals surface area contributed by atoms with Crippen LogP contribution in [-0.4, -0.2) is 88.0 Å². The Labute approximate surface area is 184 Å². The van der Waals surface area contributed by atoms with Crippen LogP contribution in [0.3, 0.4) is 0 Å². The van der Waals surface area contributed by atoms with Gasteiger partial charge in [0.15, 0.2) is 0 Å². The lowest BCUT2D eigenvalue weighted by Gasteiger charge is -2.49. The molecule has 0 saturated carbocycles. The minimum atomic E-state index is -1.21. The fourth-order valence-electron chi connectivity index (χ4n) is 3.14. The molecular weight excluding hydrogens is 450 g/mol. The molecule has 3 heterocycles. The molecule has 0 radical (unpaired) electrons. The molecule has 13 nitrogen and oxygen atoms in total. The van der Waals surface area contributed by atoms with Gasteiger partial charge in [0, 0.05) is 25.0 Å². The Hall–Kier alpha value is -2.65. The van der Waals surface area contributed by atoms with Crippen molar-refractivity contribution >= 4 is 47.3 Å². The molecule has 3 atom stereocenters. The number of nitrogens with zero attached hydrogens (tertiary/aromatic N) is 5. The van der Waals surface area contributed by atoms with E-state index in [0.717, 1.165) is 0 Å². The van der Waals surface area contributed by atoms with E-state index in [4.69, 9.17) is 10.8 Å². The monoisotopic (exact) mass is 471 g/mol. The van der Waals surface area contributed by atoms with Gasteiger partial charge in [0.1, 0.15) is 23.2 Å². The van der Waals surface area contributed by atoms with Crippen molar-refractivity contribution in [2.45, 2.75) is 41.9 Å². The summed E-state index contributed by atoms with van der Waals surface area (Å²) in [6.07, 6.45) is 0.428. The van der Waals surface area contributed by atoms with Crippen LogP contribution in [0.15, 0.2) is 16.4 Å². The van der Waals surface area contributed by atoms with Crippen LogP contribution < -0.4 is 11.1 Å². The number of carbonyl (C=O) groups excluding carboxylic acids is 2. The summed E-state index contributed by atoms with van der Waals surface area (Å²) >= 11 is 2.64. The third-order valence-corrected chi connectivity index (χ3v) is 7.20. The van der Waals surface area contributed by atoms with Crippen LogP contribution in [0.1, 0.15) is 19.3 Å². The van der Waals surface area contributed by atoms with Gasteiger partial charge >= 0.3 is 11.9 Å². The quantitative estimate of drug-likeness (QED) is 0.231. The van der Waals surface area contributed by atoms with Crippen molar-refractivity contribution in [3.63, 3.8) is 0 Å². The summed E-state index contributed by atoms with van der Waals surface area (Å²) in [6, 6.07) is -1.86. The van der Waals surface area contributed by atoms with Crippen LogP contribution in [0.25, 0.3) is 0 Å². The van der Waals surface area contributed by atoms with E-state index in [2.05, 4.69) is 20.8 Å². The topological polar surface area (TPSA) is 194 Å². The molecule has 1 aromatic rings. The zero-order valence-corrected chi connectivity index (χ0v) is 18.1. The summed E-state index contributed by atoms with van der Waals surface area (Å²) in [5.74, 6) is -2.56. The SMILES string of the molecule is Cn1nnnc1SCC1=C(C(=O)O)N2C(=O)C(NC(=O)CCCC(N)C(=O)O)[C@@H]2SC1. The predicted octanol–water partition coefficient (Wildman–Crippen LogP) is -1.38. The van der Waals surface area contributed by atoms with Crippen LogP contribution in [0.4, 0.5) is 0 Å². The lowest BCUT2D eigenvalue weighted by molar-refractivity contribution is -0.150. The number of carbonyl (C=O) groups is 4. The Morgan fingerprint density at radius 2 is 2.13 bits per heavy atom.